The molecule has 1 saturated heterocycles. The van der Waals surface area contributed by atoms with Gasteiger partial charge in [-0.1, -0.05) is 55.4 Å². The summed E-state index contributed by atoms with van der Waals surface area (Å²) in [6, 6.07) is 0. The second-order valence-electron chi connectivity index (χ2n) is 18.5. The van der Waals surface area contributed by atoms with E-state index in [1.165, 1.54) is 13.8 Å². The van der Waals surface area contributed by atoms with Gasteiger partial charge in [-0.05, 0) is 63.2 Å². The largest absolute Gasteiger partial charge is 0.462 e. The fraction of sp³-hybridized carbons (Fsp3) is 0.854. The lowest BCUT2D eigenvalue weighted by Gasteiger charge is -2.66. The van der Waals surface area contributed by atoms with Gasteiger partial charge >= 0.3 is 23.9 Å². The molecular weight excluding hydrogens is 684 g/mol. The number of rotatable bonds is 12. The summed E-state index contributed by atoms with van der Waals surface area (Å²) in [6.07, 6.45) is -1.22. The Kier molecular flexibility index (Phi) is 10.5. The monoisotopic (exact) mass is 746 g/mol. The van der Waals surface area contributed by atoms with Gasteiger partial charge in [-0.15, -0.1) is 0 Å². The third-order valence-electron chi connectivity index (χ3n) is 14.8. The first kappa shape index (κ1) is 41.3. The number of carbonyl (C=O) groups is 6. The van der Waals surface area contributed by atoms with Crippen molar-refractivity contribution in [2.75, 3.05) is 0 Å². The van der Waals surface area contributed by atoms with E-state index < -0.39 is 98.3 Å². The number of aliphatic hydroxyl groups is 1. The van der Waals surface area contributed by atoms with Gasteiger partial charge in [-0.3, -0.25) is 28.8 Å². The van der Waals surface area contributed by atoms with Crippen molar-refractivity contribution >= 4 is 35.4 Å². The summed E-state index contributed by atoms with van der Waals surface area (Å²) in [5, 5.41) is 12.4. The molecule has 12 nitrogen and oxygen atoms in total. The van der Waals surface area contributed by atoms with Crippen LogP contribution in [0.3, 0.4) is 0 Å². The van der Waals surface area contributed by atoms with E-state index in [1.807, 2.05) is 27.7 Å². The molecule has 12 heteroatoms. The van der Waals surface area contributed by atoms with Crippen LogP contribution < -0.4 is 0 Å². The Hall–Kier alpha value is -2.86. The van der Waals surface area contributed by atoms with Crippen molar-refractivity contribution < 1.29 is 57.6 Å². The normalized spacial score (nSPS) is 40.6. The van der Waals surface area contributed by atoms with Gasteiger partial charge < -0.3 is 28.8 Å². The van der Waals surface area contributed by atoms with Gasteiger partial charge in [0, 0.05) is 61.7 Å². The van der Waals surface area contributed by atoms with Crippen LogP contribution in [-0.2, 0) is 52.5 Å². The third-order valence-corrected chi connectivity index (χ3v) is 14.8. The number of ketones is 2. The van der Waals surface area contributed by atoms with Crippen LogP contribution in [0, 0.1) is 39.4 Å². The molecule has 12 atom stereocenters. The van der Waals surface area contributed by atoms with E-state index in [9.17, 15) is 29.1 Å². The van der Waals surface area contributed by atoms with E-state index >= 15 is 4.79 Å². The number of epoxide rings is 1. The Balaban J connectivity index is 1.57. The van der Waals surface area contributed by atoms with Gasteiger partial charge in [0.2, 0.25) is 0 Å². The zero-order valence-corrected chi connectivity index (χ0v) is 33.8. The van der Waals surface area contributed by atoms with Gasteiger partial charge in [-0.2, -0.15) is 0 Å². The van der Waals surface area contributed by atoms with Crippen LogP contribution in [0.5, 0.6) is 0 Å². The zero-order chi connectivity index (χ0) is 39.9. The molecule has 5 fully saturated rings. The van der Waals surface area contributed by atoms with Crippen molar-refractivity contribution in [2.24, 2.45) is 39.4 Å². The lowest BCUT2D eigenvalue weighted by Crippen LogP contribution is -2.71. The highest BCUT2D eigenvalue weighted by Gasteiger charge is 2.85. The minimum Gasteiger partial charge on any atom is -0.462 e. The highest BCUT2D eigenvalue weighted by atomic mass is 16.6. The SMILES string of the molecule is CCC(=O)O[C@H]1C[C@H]2[C@]3(C)C(=O)C[C@]4(C)[C@@H]([C@@](C)(O)C(=O)CCC(C)(C)OC(C)=O)[C@H](OC(=O)CC)C[C@@]4(C)[C@@H]3C[C@H]3O[C@]32C(C)(C)[C@@H]1OC(=O)CC. The van der Waals surface area contributed by atoms with Crippen molar-refractivity contribution in [3.8, 4) is 0 Å². The Morgan fingerprint density at radius 3 is 1.91 bits per heavy atom. The number of Topliss-reactive ketones (excluding diaryl/α,β-unsaturated/α-hetero) is 2. The fourth-order valence-corrected chi connectivity index (χ4v) is 12.0. The number of ether oxygens (including phenoxy) is 5. The van der Waals surface area contributed by atoms with E-state index in [0.29, 0.717) is 12.8 Å². The second kappa shape index (κ2) is 13.4. The number of carbonyl (C=O) groups excluding carboxylic acids is 6. The Bertz CT molecular complexity index is 1550. The Morgan fingerprint density at radius 1 is 0.811 bits per heavy atom. The van der Waals surface area contributed by atoms with Gasteiger partial charge in [-0.25, -0.2) is 0 Å². The molecule has 1 heterocycles. The molecule has 298 valence electrons. The van der Waals surface area contributed by atoms with Gasteiger partial charge in [0.25, 0.3) is 0 Å². The van der Waals surface area contributed by atoms with Crippen molar-refractivity contribution in [3.05, 3.63) is 0 Å². The molecule has 0 aromatic heterocycles. The Morgan fingerprint density at radius 2 is 1.36 bits per heavy atom. The van der Waals surface area contributed by atoms with Crippen molar-refractivity contribution in [3.63, 3.8) is 0 Å². The highest BCUT2D eigenvalue weighted by molar-refractivity contribution is 5.90. The number of hydrogen-bond acceptors (Lipinski definition) is 12. The smallest absolute Gasteiger partial charge is 0.305 e. The Labute approximate surface area is 314 Å². The standard InChI is InChI=1S/C41H62O12/c1-13-30(45)49-23-18-26-39(11)25(19-29-41(26,53-29)36(7,8)34(23)51-32(47)15-3)37(9)20-24(50-31(46)14-2)33(38(37,10)21-28(39)44)40(12,48)27(43)16-17-35(5,6)52-22(4)42/h23-26,29,33-34,48H,13-21H2,1-12H3/t23-,24+,25-,26-,29+,33-,34+,37-,38+,39+,40-,41-/m0/s1. The molecule has 0 aromatic carbocycles. The lowest BCUT2D eigenvalue weighted by atomic mass is 9.36. The third kappa shape index (κ3) is 6.16. The van der Waals surface area contributed by atoms with Crippen LogP contribution in [0.1, 0.15) is 141 Å². The highest BCUT2D eigenvalue weighted by Crippen LogP contribution is 2.79. The summed E-state index contributed by atoms with van der Waals surface area (Å²) in [6.45, 7) is 21.3. The quantitative estimate of drug-likeness (QED) is 0.149. The van der Waals surface area contributed by atoms with Gasteiger partial charge in [0.15, 0.2) is 5.78 Å². The maximum atomic E-state index is 15.2. The molecule has 0 aromatic rings. The molecule has 4 saturated carbocycles. The number of esters is 4. The fourth-order valence-electron chi connectivity index (χ4n) is 12.0. The molecule has 0 amide bonds. The van der Waals surface area contributed by atoms with Gasteiger partial charge in [0.1, 0.15) is 40.9 Å². The summed E-state index contributed by atoms with van der Waals surface area (Å²) < 4.78 is 30.4. The van der Waals surface area contributed by atoms with Crippen LogP contribution >= 0.6 is 0 Å². The molecule has 5 rings (SSSR count). The molecule has 1 spiro atoms. The summed E-state index contributed by atoms with van der Waals surface area (Å²) >= 11 is 0. The first-order valence-electron chi connectivity index (χ1n) is 19.6. The average Bonchev–Trinajstić information content (AvgIpc) is 3.75. The molecule has 1 N–H and O–H groups in total. The van der Waals surface area contributed by atoms with Crippen LogP contribution in [0.25, 0.3) is 0 Å². The van der Waals surface area contributed by atoms with E-state index in [0.717, 1.165) is 0 Å². The summed E-state index contributed by atoms with van der Waals surface area (Å²) in [5.74, 6) is -3.96. The number of hydrogen-bond donors (Lipinski definition) is 1. The van der Waals surface area contributed by atoms with Crippen molar-refractivity contribution in [2.45, 2.75) is 182 Å². The topological polar surface area (TPSA) is 172 Å². The van der Waals surface area contributed by atoms with Crippen LogP contribution in [0.15, 0.2) is 0 Å². The molecule has 0 radical (unpaired) electrons. The summed E-state index contributed by atoms with van der Waals surface area (Å²) in [4.78, 5) is 79.6. The first-order chi connectivity index (χ1) is 24.3. The molecule has 5 aliphatic rings. The van der Waals surface area contributed by atoms with Crippen molar-refractivity contribution in [1.29, 1.82) is 0 Å². The molecule has 1 aliphatic heterocycles. The van der Waals surface area contributed by atoms with Crippen molar-refractivity contribution in [1.82, 2.24) is 0 Å². The van der Waals surface area contributed by atoms with Crippen LogP contribution in [0.2, 0.25) is 0 Å². The van der Waals surface area contributed by atoms with E-state index in [2.05, 4.69) is 6.92 Å². The van der Waals surface area contributed by atoms with E-state index in [1.54, 1.807) is 34.6 Å². The average molecular weight is 747 g/mol. The zero-order valence-electron chi connectivity index (χ0n) is 33.8. The predicted octanol–water partition coefficient (Wildman–Crippen LogP) is 5.61. The maximum Gasteiger partial charge on any atom is 0.305 e. The summed E-state index contributed by atoms with van der Waals surface area (Å²) in [5.41, 5.74) is -7.29. The van der Waals surface area contributed by atoms with Crippen LogP contribution in [-0.4, -0.2) is 81.8 Å². The lowest BCUT2D eigenvalue weighted by molar-refractivity contribution is -0.227. The second-order valence-corrected chi connectivity index (χ2v) is 18.5. The summed E-state index contributed by atoms with van der Waals surface area (Å²) in [7, 11) is 0. The molecule has 53 heavy (non-hydrogen) atoms. The van der Waals surface area contributed by atoms with Gasteiger partial charge in [0.05, 0.1) is 6.10 Å². The minimum absolute atomic E-state index is 0.00898. The molecular formula is C41H62O12. The van der Waals surface area contributed by atoms with E-state index in [-0.39, 0.29) is 62.8 Å². The first-order valence-corrected chi connectivity index (χ1v) is 19.6. The molecule has 0 unspecified atom stereocenters. The van der Waals surface area contributed by atoms with Crippen LogP contribution in [0.4, 0.5) is 0 Å². The maximum absolute atomic E-state index is 15.2. The molecule has 4 aliphatic carbocycles. The van der Waals surface area contributed by atoms with E-state index in [4.69, 9.17) is 23.7 Å². The predicted molar refractivity (Wildman–Crippen MR) is 191 cm³/mol. The number of fused-ring (bicyclic) bond motifs is 4. The molecule has 0 bridgehead atoms. The minimum atomic E-state index is -2.00.